The molecule has 0 spiro atoms. The molecule has 0 atom stereocenters. The summed E-state index contributed by atoms with van der Waals surface area (Å²) in [4.78, 5) is 23.7. The second kappa shape index (κ2) is 9.15. The van der Waals surface area contributed by atoms with E-state index in [1.54, 1.807) is 6.08 Å². The first kappa shape index (κ1) is 17.3. The van der Waals surface area contributed by atoms with E-state index in [2.05, 4.69) is 10.1 Å². The van der Waals surface area contributed by atoms with E-state index in [-0.39, 0.29) is 12.3 Å². The molecule has 1 N–H and O–H groups in total. The van der Waals surface area contributed by atoms with Crippen molar-refractivity contribution in [2.45, 2.75) is 13.0 Å². The molecule has 5 nitrogen and oxygen atoms in total. The van der Waals surface area contributed by atoms with Gasteiger partial charge in [0.25, 0.3) is 0 Å². The molecule has 2 rings (SSSR count). The lowest BCUT2D eigenvalue weighted by atomic mass is 10.1. The van der Waals surface area contributed by atoms with Crippen LogP contribution in [0.2, 0.25) is 0 Å². The fourth-order valence-electron chi connectivity index (χ4n) is 2.00. The Morgan fingerprint density at radius 2 is 1.54 bits per heavy atom. The Labute approximate surface area is 140 Å². The molecular weight excluding hydrogens is 306 g/mol. The first-order valence-corrected chi connectivity index (χ1v) is 7.49. The van der Waals surface area contributed by atoms with Gasteiger partial charge in [0.2, 0.25) is 0 Å². The Morgan fingerprint density at radius 3 is 2.12 bits per heavy atom. The summed E-state index contributed by atoms with van der Waals surface area (Å²) in [5.41, 5.74) is 1.93. The highest BCUT2D eigenvalue weighted by Crippen LogP contribution is 2.05. The van der Waals surface area contributed by atoms with Crippen molar-refractivity contribution in [1.29, 1.82) is 0 Å². The van der Waals surface area contributed by atoms with E-state index in [0.29, 0.717) is 6.42 Å². The monoisotopic (exact) mass is 325 g/mol. The molecule has 124 valence electrons. The second-order valence-corrected chi connectivity index (χ2v) is 4.99. The van der Waals surface area contributed by atoms with Gasteiger partial charge >= 0.3 is 12.1 Å². The molecule has 0 aliphatic rings. The van der Waals surface area contributed by atoms with Gasteiger partial charge in [0.1, 0.15) is 12.3 Å². The Kier molecular flexibility index (Phi) is 6.58. The summed E-state index contributed by atoms with van der Waals surface area (Å²) in [6.07, 6.45) is 1.39. The van der Waals surface area contributed by atoms with Crippen molar-refractivity contribution in [3.63, 3.8) is 0 Å². The van der Waals surface area contributed by atoms with Crippen LogP contribution in [-0.2, 0) is 27.3 Å². The zero-order chi connectivity index (χ0) is 17.2. The van der Waals surface area contributed by atoms with Crippen LogP contribution >= 0.6 is 0 Å². The summed E-state index contributed by atoms with van der Waals surface area (Å²) in [6, 6.07) is 18.9. The minimum absolute atomic E-state index is 0.0550. The molecule has 2 aromatic rings. The summed E-state index contributed by atoms with van der Waals surface area (Å²) < 4.78 is 9.79. The van der Waals surface area contributed by atoms with Crippen LogP contribution in [0.4, 0.5) is 4.79 Å². The summed E-state index contributed by atoms with van der Waals surface area (Å²) >= 11 is 0. The first-order chi connectivity index (χ1) is 11.7. The van der Waals surface area contributed by atoms with Gasteiger partial charge in [-0.3, -0.25) is 5.32 Å². The average Bonchev–Trinajstić information content (AvgIpc) is 2.64. The van der Waals surface area contributed by atoms with E-state index >= 15 is 0 Å². The number of carbonyl (C=O) groups excluding carboxylic acids is 2. The van der Waals surface area contributed by atoms with Crippen molar-refractivity contribution in [2.24, 2.45) is 0 Å². The second-order valence-electron chi connectivity index (χ2n) is 4.99. The number of alkyl carbamates (subject to hydrolysis) is 1. The lowest BCUT2D eigenvalue weighted by molar-refractivity contribution is -0.136. The topological polar surface area (TPSA) is 64.6 Å². The van der Waals surface area contributed by atoms with Crippen molar-refractivity contribution >= 4 is 12.1 Å². The molecule has 0 aliphatic heterocycles. The highest BCUT2D eigenvalue weighted by Gasteiger charge is 2.14. The Bertz CT molecular complexity index is 696. The molecule has 0 heterocycles. The molecule has 0 saturated heterocycles. The first-order valence-electron chi connectivity index (χ1n) is 7.49. The number of methoxy groups -OCH3 is 1. The van der Waals surface area contributed by atoms with Crippen molar-refractivity contribution in [2.75, 3.05) is 7.11 Å². The van der Waals surface area contributed by atoms with E-state index in [0.717, 1.165) is 11.1 Å². The lowest BCUT2D eigenvalue weighted by Crippen LogP contribution is -2.28. The number of amides is 1. The number of carbonyl (C=O) groups is 2. The normalized spacial score (nSPS) is 10.8. The molecule has 5 heteroatoms. The van der Waals surface area contributed by atoms with Gasteiger partial charge in [-0.05, 0) is 23.6 Å². The summed E-state index contributed by atoms with van der Waals surface area (Å²) in [6.45, 7) is 0.125. The van der Waals surface area contributed by atoms with E-state index in [4.69, 9.17) is 4.74 Å². The van der Waals surface area contributed by atoms with E-state index in [9.17, 15) is 9.59 Å². The minimum atomic E-state index is -0.705. The predicted molar refractivity (Wildman–Crippen MR) is 90.0 cm³/mol. The SMILES string of the molecule is COC(=O)/C(=C\Cc1ccccc1)NC(=O)OCc1ccccc1. The zero-order valence-corrected chi connectivity index (χ0v) is 13.4. The number of hydrogen-bond donors (Lipinski definition) is 1. The molecular formula is C19H19NO4. The van der Waals surface area contributed by atoms with E-state index < -0.39 is 12.1 Å². The maximum absolute atomic E-state index is 11.9. The molecule has 0 aromatic heterocycles. The molecule has 0 saturated carbocycles. The molecule has 0 fully saturated rings. The van der Waals surface area contributed by atoms with Gasteiger partial charge in [-0.1, -0.05) is 60.7 Å². The Hall–Kier alpha value is -3.08. The van der Waals surface area contributed by atoms with Gasteiger partial charge < -0.3 is 9.47 Å². The van der Waals surface area contributed by atoms with Crippen LogP contribution in [0, 0.1) is 0 Å². The third-order valence-electron chi connectivity index (χ3n) is 3.24. The van der Waals surface area contributed by atoms with Crippen LogP contribution in [0.3, 0.4) is 0 Å². The molecule has 0 radical (unpaired) electrons. The minimum Gasteiger partial charge on any atom is -0.464 e. The summed E-state index contributed by atoms with van der Waals surface area (Å²) in [7, 11) is 1.26. The maximum Gasteiger partial charge on any atom is 0.412 e. The molecule has 2 aromatic carbocycles. The number of ether oxygens (including phenoxy) is 2. The van der Waals surface area contributed by atoms with Gasteiger partial charge in [-0.15, -0.1) is 0 Å². The van der Waals surface area contributed by atoms with Crippen molar-refractivity contribution < 1.29 is 19.1 Å². The highest BCUT2D eigenvalue weighted by molar-refractivity contribution is 5.92. The average molecular weight is 325 g/mol. The van der Waals surface area contributed by atoms with Crippen LogP contribution < -0.4 is 5.32 Å². The lowest BCUT2D eigenvalue weighted by Gasteiger charge is -2.09. The molecule has 0 unspecified atom stereocenters. The molecule has 24 heavy (non-hydrogen) atoms. The zero-order valence-electron chi connectivity index (χ0n) is 13.4. The van der Waals surface area contributed by atoms with Gasteiger partial charge in [-0.25, -0.2) is 9.59 Å². The largest absolute Gasteiger partial charge is 0.464 e. The van der Waals surface area contributed by atoms with Crippen LogP contribution in [0.15, 0.2) is 72.4 Å². The van der Waals surface area contributed by atoms with E-state index in [1.165, 1.54) is 7.11 Å². The maximum atomic E-state index is 11.9. The summed E-state index contributed by atoms with van der Waals surface area (Å²) in [5, 5.41) is 2.43. The van der Waals surface area contributed by atoms with Crippen LogP contribution in [0.1, 0.15) is 11.1 Å². The number of nitrogens with one attached hydrogen (secondary N) is 1. The number of allylic oxidation sites excluding steroid dienone is 1. The van der Waals surface area contributed by atoms with Gasteiger partial charge in [-0.2, -0.15) is 0 Å². The Balaban J connectivity index is 1.95. The smallest absolute Gasteiger partial charge is 0.412 e. The third-order valence-corrected chi connectivity index (χ3v) is 3.24. The fraction of sp³-hybridized carbons (Fsp3) is 0.158. The molecule has 0 aliphatic carbocycles. The third kappa shape index (κ3) is 5.61. The van der Waals surface area contributed by atoms with Gasteiger partial charge in [0.15, 0.2) is 0 Å². The van der Waals surface area contributed by atoms with Crippen LogP contribution in [0.5, 0.6) is 0 Å². The van der Waals surface area contributed by atoms with Crippen LogP contribution in [-0.4, -0.2) is 19.2 Å². The van der Waals surface area contributed by atoms with Gasteiger partial charge in [0.05, 0.1) is 7.11 Å². The number of rotatable bonds is 6. The standard InChI is InChI=1S/C19H19NO4/c1-23-18(21)17(13-12-15-8-4-2-5-9-15)20-19(22)24-14-16-10-6-3-7-11-16/h2-11,13H,12,14H2,1H3,(H,20,22)/b17-13+. The quantitative estimate of drug-likeness (QED) is 0.654. The van der Waals surface area contributed by atoms with Crippen molar-refractivity contribution in [3.05, 3.63) is 83.6 Å². The van der Waals surface area contributed by atoms with Gasteiger partial charge in [0, 0.05) is 0 Å². The number of benzene rings is 2. The van der Waals surface area contributed by atoms with Crippen LogP contribution in [0.25, 0.3) is 0 Å². The molecule has 1 amide bonds. The van der Waals surface area contributed by atoms with Crippen molar-refractivity contribution in [1.82, 2.24) is 5.32 Å². The predicted octanol–water partition coefficient (Wildman–Crippen LogP) is 3.21. The fourth-order valence-corrected chi connectivity index (χ4v) is 2.00. The van der Waals surface area contributed by atoms with Crippen molar-refractivity contribution in [3.8, 4) is 0 Å². The number of hydrogen-bond acceptors (Lipinski definition) is 4. The molecule has 0 bridgehead atoms. The Morgan fingerprint density at radius 1 is 0.958 bits per heavy atom. The van der Waals surface area contributed by atoms with E-state index in [1.807, 2.05) is 60.7 Å². The highest BCUT2D eigenvalue weighted by atomic mass is 16.6. The number of esters is 1. The summed E-state index contributed by atoms with van der Waals surface area (Å²) in [5.74, 6) is -0.623.